The van der Waals surface area contributed by atoms with Crippen LogP contribution in [0.15, 0.2) is 24.4 Å². The lowest BCUT2D eigenvalue weighted by Crippen LogP contribution is -2.04. The number of rotatable bonds is 3. The second-order valence-corrected chi connectivity index (χ2v) is 3.65. The van der Waals surface area contributed by atoms with Gasteiger partial charge in [-0.1, -0.05) is 0 Å². The Bertz CT molecular complexity index is 535. The number of methoxy groups -OCH3 is 2. The van der Waals surface area contributed by atoms with Gasteiger partial charge in [0, 0.05) is 24.0 Å². The molecule has 1 heterocycles. The Labute approximate surface area is 99.8 Å². The molecule has 0 saturated carbocycles. The summed E-state index contributed by atoms with van der Waals surface area (Å²) in [4.78, 5) is 0. The maximum Gasteiger partial charge on any atom is 0.146 e. The smallest absolute Gasteiger partial charge is 0.146 e. The fourth-order valence-corrected chi connectivity index (χ4v) is 1.69. The number of hydrogen-bond acceptors (Lipinski definition) is 4. The second-order valence-electron chi connectivity index (χ2n) is 3.65. The number of hydrogen-bond donors (Lipinski definition) is 1. The highest BCUT2D eigenvalue weighted by Crippen LogP contribution is 2.33. The van der Waals surface area contributed by atoms with Crippen LogP contribution < -0.4 is 15.2 Å². The van der Waals surface area contributed by atoms with Crippen LogP contribution in [0.4, 0.5) is 5.69 Å². The van der Waals surface area contributed by atoms with Crippen molar-refractivity contribution in [2.24, 2.45) is 0 Å². The highest BCUT2D eigenvalue weighted by atomic mass is 16.5. The van der Waals surface area contributed by atoms with Crippen molar-refractivity contribution in [3.63, 3.8) is 0 Å². The molecule has 5 heteroatoms. The van der Waals surface area contributed by atoms with Crippen molar-refractivity contribution in [2.45, 2.75) is 6.92 Å². The maximum absolute atomic E-state index is 5.83. The first-order chi connectivity index (χ1) is 8.17. The molecule has 17 heavy (non-hydrogen) atoms. The van der Waals surface area contributed by atoms with Crippen molar-refractivity contribution in [1.82, 2.24) is 9.78 Å². The number of nitrogen functional groups attached to an aromatic ring is 1. The minimum Gasteiger partial charge on any atom is -0.495 e. The lowest BCUT2D eigenvalue weighted by molar-refractivity contribution is 0.402. The SMILES string of the molecule is COc1cc(-n2nccc2C)c(OC)cc1N. The Morgan fingerprint density at radius 3 is 2.41 bits per heavy atom. The van der Waals surface area contributed by atoms with Crippen molar-refractivity contribution in [3.05, 3.63) is 30.1 Å². The second kappa shape index (κ2) is 4.37. The van der Waals surface area contributed by atoms with Gasteiger partial charge in [-0.25, -0.2) is 4.68 Å². The Morgan fingerprint density at radius 2 is 1.88 bits per heavy atom. The van der Waals surface area contributed by atoms with Crippen molar-refractivity contribution in [1.29, 1.82) is 0 Å². The molecule has 0 fully saturated rings. The molecule has 0 aliphatic carbocycles. The number of nitrogens with two attached hydrogens (primary N) is 1. The third kappa shape index (κ3) is 1.91. The molecule has 2 rings (SSSR count). The summed E-state index contributed by atoms with van der Waals surface area (Å²) < 4.78 is 12.3. The van der Waals surface area contributed by atoms with Crippen LogP contribution in [-0.4, -0.2) is 24.0 Å². The Morgan fingerprint density at radius 1 is 1.18 bits per heavy atom. The van der Waals surface area contributed by atoms with Crippen molar-refractivity contribution < 1.29 is 9.47 Å². The number of benzene rings is 1. The molecule has 90 valence electrons. The molecule has 5 nitrogen and oxygen atoms in total. The highest BCUT2D eigenvalue weighted by molar-refractivity contribution is 5.64. The van der Waals surface area contributed by atoms with Crippen LogP contribution in [0.2, 0.25) is 0 Å². The molecule has 0 unspecified atom stereocenters. The molecule has 1 aromatic carbocycles. The van der Waals surface area contributed by atoms with E-state index in [1.54, 1.807) is 31.2 Å². The fourth-order valence-electron chi connectivity index (χ4n) is 1.69. The zero-order valence-corrected chi connectivity index (χ0v) is 10.1. The van der Waals surface area contributed by atoms with E-state index in [0.29, 0.717) is 17.2 Å². The van der Waals surface area contributed by atoms with Gasteiger partial charge in [-0.3, -0.25) is 0 Å². The van der Waals surface area contributed by atoms with Gasteiger partial charge in [-0.05, 0) is 13.0 Å². The quantitative estimate of drug-likeness (QED) is 0.821. The van der Waals surface area contributed by atoms with Crippen molar-refractivity contribution in [2.75, 3.05) is 20.0 Å². The summed E-state index contributed by atoms with van der Waals surface area (Å²) in [6.07, 6.45) is 1.73. The van der Waals surface area contributed by atoms with Crippen LogP contribution in [0.1, 0.15) is 5.69 Å². The van der Waals surface area contributed by atoms with E-state index < -0.39 is 0 Å². The van der Waals surface area contributed by atoms with Gasteiger partial charge >= 0.3 is 0 Å². The van der Waals surface area contributed by atoms with Gasteiger partial charge in [-0.15, -0.1) is 0 Å². The summed E-state index contributed by atoms with van der Waals surface area (Å²) in [7, 11) is 3.18. The monoisotopic (exact) mass is 233 g/mol. The number of ether oxygens (including phenoxy) is 2. The van der Waals surface area contributed by atoms with Crippen LogP contribution in [-0.2, 0) is 0 Å². The van der Waals surface area contributed by atoms with Crippen LogP contribution in [0, 0.1) is 6.92 Å². The predicted octanol–water partition coefficient (Wildman–Crippen LogP) is 1.78. The van der Waals surface area contributed by atoms with Gasteiger partial charge < -0.3 is 15.2 Å². The van der Waals surface area contributed by atoms with Gasteiger partial charge in [0.05, 0.1) is 19.9 Å². The standard InChI is InChI=1S/C12H15N3O2/c1-8-4-5-14-15(8)10-7-11(16-2)9(13)6-12(10)17-3/h4-7H,13H2,1-3H3. The molecular formula is C12H15N3O2. The molecule has 0 bridgehead atoms. The lowest BCUT2D eigenvalue weighted by Gasteiger charge is -2.13. The van der Waals surface area contributed by atoms with E-state index in [1.807, 2.05) is 19.1 Å². The van der Waals surface area contributed by atoms with Crippen LogP contribution >= 0.6 is 0 Å². The van der Waals surface area contributed by atoms with Crippen molar-refractivity contribution in [3.8, 4) is 17.2 Å². The van der Waals surface area contributed by atoms with E-state index in [0.717, 1.165) is 11.4 Å². The fraction of sp³-hybridized carbons (Fsp3) is 0.250. The predicted molar refractivity (Wildman–Crippen MR) is 65.8 cm³/mol. The number of nitrogens with zero attached hydrogens (tertiary/aromatic N) is 2. The number of anilines is 1. The summed E-state index contributed by atoms with van der Waals surface area (Å²) >= 11 is 0. The van der Waals surface area contributed by atoms with E-state index >= 15 is 0 Å². The van der Waals surface area contributed by atoms with E-state index in [-0.39, 0.29) is 0 Å². The van der Waals surface area contributed by atoms with Gasteiger partial charge in [0.2, 0.25) is 0 Å². The number of aromatic nitrogens is 2. The highest BCUT2D eigenvalue weighted by Gasteiger charge is 2.12. The van der Waals surface area contributed by atoms with E-state index in [9.17, 15) is 0 Å². The van der Waals surface area contributed by atoms with Crippen LogP contribution in [0.25, 0.3) is 5.69 Å². The molecule has 0 aliphatic rings. The summed E-state index contributed by atoms with van der Waals surface area (Å²) in [6.45, 7) is 1.97. The molecule has 2 N–H and O–H groups in total. The Kier molecular flexibility index (Phi) is 2.91. The third-order valence-electron chi connectivity index (χ3n) is 2.59. The lowest BCUT2D eigenvalue weighted by atomic mass is 10.2. The Hall–Kier alpha value is -2.17. The van der Waals surface area contributed by atoms with Crippen LogP contribution in [0.5, 0.6) is 11.5 Å². The third-order valence-corrected chi connectivity index (χ3v) is 2.59. The zero-order chi connectivity index (χ0) is 12.4. The average Bonchev–Trinajstić information content (AvgIpc) is 2.75. The molecule has 2 aromatic rings. The van der Waals surface area contributed by atoms with Crippen molar-refractivity contribution >= 4 is 5.69 Å². The maximum atomic E-state index is 5.83. The summed E-state index contributed by atoms with van der Waals surface area (Å²) in [5.74, 6) is 1.27. The topological polar surface area (TPSA) is 62.3 Å². The minimum atomic E-state index is 0.540. The first-order valence-corrected chi connectivity index (χ1v) is 5.20. The molecule has 0 radical (unpaired) electrons. The summed E-state index contributed by atoms with van der Waals surface area (Å²) in [6, 6.07) is 5.46. The van der Waals surface area contributed by atoms with E-state index in [4.69, 9.17) is 15.2 Å². The molecule has 0 atom stereocenters. The van der Waals surface area contributed by atoms with Gasteiger partial charge in [0.25, 0.3) is 0 Å². The van der Waals surface area contributed by atoms with Crippen LogP contribution in [0.3, 0.4) is 0 Å². The number of aryl methyl sites for hydroxylation is 1. The largest absolute Gasteiger partial charge is 0.495 e. The van der Waals surface area contributed by atoms with Gasteiger partial charge in [-0.2, -0.15) is 5.10 Å². The zero-order valence-electron chi connectivity index (χ0n) is 10.1. The van der Waals surface area contributed by atoms with Gasteiger partial charge in [0.15, 0.2) is 0 Å². The molecule has 0 aliphatic heterocycles. The first kappa shape index (κ1) is 11.3. The summed E-state index contributed by atoms with van der Waals surface area (Å²) in [5.41, 5.74) is 8.19. The van der Waals surface area contributed by atoms with Gasteiger partial charge in [0.1, 0.15) is 17.2 Å². The Balaban J connectivity index is 2.63. The molecular weight excluding hydrogens is 218 g/mol. The minimum absolute atomic E-state index is 0.540. The van der Waals surface area contributed by atoms with E-state index in [1.165, 1.54) is 0 Å². The molecule has 1 aromatic heterocycles. The first-order valence-electron chi connectivity index (χ1n) is 5.20. The average molecular weight is 233 g/mol. The summed E-state index contributed by atoms with van der Waals surface area (Å²) in [5, 5.41) is 4.24. The van der Waals surface area contributed by atoms with E-state index in [2.05, 4.69) is 5.10 Å². The normalized spacial score (nSPS) is 10.3. The molecule has 0 spiro atoms. The molecule has 0 amide bonds. The molecule has 0 saturated heterocycles.